The summed E-state index contributed by atoms with van der Waals surface area (Å²) in [5, 5.41) is 8.54. The zero-order chi connectivity index (χ0) is 4.57. The van der Waals surface area contributed by atoms with E-state index in [9.17, 15) is 0 Å². The molecule has 0 aromatic heterocycles. The van der Waals surface area contributed by atoms with Crippen LogP contribution in [0.5, 0.6) is 0 Å². The summed E-state index contributed by atoms with van der Waals surface area (Å²) >= 11 is 0. The summed E-state index contributed by atoms with van der Waals surface area (Å²) in [6.45, 7) is 2.02. The third kappa shape index (κ3) is 0.455. The van der Waals surface area contributed by atoms with E-state index < -0.39 is 0 Å². The Kier molecular flexibility index (Phi) is 0.701. The van der Waals surface area contributed by atoms with E-state index in [2.05, 4.69) is 0 Å². The maximum Gasteiger partial charge on any atom is 0.0760 e. The second-order valence-corrected chi connectivity index (χ2v) is 1.78. The van der Waals surface area contributed by atoms with Crippen LogP contribution in [0.3, 0.4) is 0 Å². The Hall–Kier alpha value is -0.300. The first-order chi connectivity index (χ1) is 2.79. The van der Waals surface area contributed by atoms with Gasteiger partial charge in [0, 0.05) is 0 Å². The van der Waals surface area contributed by atoms with Crippen LogP contribution < -0.4 is 0 Å². The fourth-order valence-electron chi connectivity index (χ4n) is 0.625. The fraction of sp³-hybridized carbons (Fsp3) is 0.600. The van der Waals surface area contributed by atoms with Gasteiger partial charge in [0.1, 0.15) is 0 Å². The number of aliphatic hydroxyl groups excluding tert-OH is 1. The van der Waals surface area contributed by atoms with E-state index in [0.717, 1.165) is 6.42 Å². The first kappa shape index (κ1) is 3.88. The summed E-state index contributed by atoms with van der Waals surface area (Å²) in [7, 11) is 0. The predicted octanol–water partition coefficient (Wildman–Crippen LogP) is 0.697. The molecule has 1 unspecified atom stereocenters. The molecule has 1 aliphatic rings. The monoisotopic (exact) mass is 84.1 g/mol. The van der Waals surface area contributed by atoms with E-state index in [1.54, 1.807) is 0 Å². The lowest BCUT2D eigenvalue weighted by atomic mass is 9.98. The van der Waals surface area contributed by atoms with E-state index >= 15 is 0 Å². The average molecular weight is 84.1 g/mol. The molecule has 0 aromatic carbocycles. The maximum absolute atomic E-state index is 8.54. The molecule has 0 heterocycles. The molecule has 1 heteroatoms. The Labute approximate surface area is 37.3 Å². The van der Waals surface area contributed by atoms with Gasteiger partial charge < -0.3 is 5.11 Å². The van der Waals surface area contributed by atoms with Gasteiger partial charge in [0.25, 0.3) is 0 Å². The van der Waals surface area contributed by atoms with Crippen LogP contribution in [-0.2, 0) is 0 Å². The Morgan fingerprint density at radius 2 is 2.50 bits per heavy atom. The molecule has 0 saturated heterocycles. The van der Waals surface area contributed by atoms with Crippen molar-refractivity contribution in [1.82, 2.24) is 0 Å². The van der Waals surface area contributed by atoms with Crippen LogP contribution in [0.1, 0.15) is 13.3 Å². The van der Waals surface area contributed by atoms with Gasteiger partial charge in [-0.2, -0.15) is 0 Å². The smallest absolute Gasteiger partial charge is 0.0760 e. The summed E-state index contributed by atoms with van der Waals surface area (Å²) < 4.78 is 0. The third-order valence-corrected chi connectivity index (χ3v) is 1.01. The Balaban J connectivity index is 2.46. The minimum absolute atomic E-state index is 0.120. The van der Waals surface area contributed by atoms with Crippen molar-refractivity contribution in [3.63, 3.8) is 0 Å². The van der Waals surface area contributed by atoms with Crippen molar-refractivity contribution in [1.29, 1.82) is 0 Å². The first-order valence-corrected chi connectivity index (χ1v) is 2.14. The van der Waals surface area contributed by atoms with Gasteiger partial charge in [0.15, 0.2) is 0 Å². The molecular weight excluding hydrogens is 76.1 g/mol. The molecule has 0 spiro atoms. The summed E-state index contributed by atoms with van der Waals surface area (Å²) in [4.78, 5) is 0. The van der Waals surface area contributed by atoms with E-state index in [-0.39, 0.29) is 6.10 Å². The van der Waals surface area contributed by atoms with Crippen molar-refractivity contribution in [3.8, 4) is 0 Å². The Bertz CT molecular complexity index is 83.9. The summed E-state index contributed by atoms with van der Waals surface area (Å²) in [5.41, 5.74) is 1.31. The molecule has 1 N–H and O–H groups in total. The molecule has 0 aliphatic heterocycles. The molecule has 0 amide bonds. The van der Waals surface area contributed by atoms with Crippen molar-refractivity contribution in [2.45, 2.75) is 19.4 Å². The molecule has 1 nitrogen and oxygen atoms in total. The highest BCUT2D eigenvalue weighted by molar-refractivity contribution is 5.14. The van der Waals surface area contributed by atoms with Crippen molar-refractivity contribution < 1.29 is 5.11 Å². The zero-order valence-corrected chi connectivity index (χ0v) is 3.81. The van der Waals surface area contributed by atoms with Gasteiger partial charge in [-0.1, -0.05) is 11.6 Å². The molecular formula is C5H8O. The second kappa shape index (κ2) is 1.09. The van der Waals surface area contributed by atoms with Crippen LogP contribution in [-0.4, -0.2) is 11.2 Å². The van der Waals surface area contributed by atoms with E-state index in [0.29, 0.717) is 0 Å². The second-order valence-electron chi connectivity index (χ2n) is 1.78. The number of hydrogen-bond donors (Lipinski definition) is 1. The summed E-state index contributed by atoms with van der Waals surface area (Å²) in [6, 6.07) is 0. The fourth-order valence-corrected chi connectivity index (χ4v) is 0.625. The lowest BCUT2D eigenvalue weighted by molar-refractivity contribution is 0.203. The van der Waals surface area contributed by atoms with Gasteiger partial charge >= 0.3 is 0 Å². The lowest BCUT2D eigenvalue weighted by Gasteiger charge is -2.15. The highest BCUT2D eigenvalue weighted by Gasteiger charge is 2.09. The molecule has 0 fully saturated rings. The van der Waals surface area contributed by atoms with Crippen molar-refractivity contribution >= 4 is 0 Å². The molecule has 0 radical (unpaired) electrons. The largest absolute Gasteiger partial charge is 0.389 e. The van der Waals surface area contributed by atoms with E-state index in [1.807, 2.05) is 13.0 Å². The molecule has 6 heavy (non-hydrogen) atoms. The van der Waals surface area contributed by atoms with Crippen molar-refractivity contribution in [3.05, 3.63) is 11.6 Å². The molecule has 0 saturated carbocycles. The molecule has 0 aromatic rings. The van der Waals surface area contributed by atoms with E-state index in [4.69, 9.17) is 5.11 Å². The molecule has 1 atom stereocenters. The SMILES string of the molecule is CC1=CC(O)C1. The summed E-state index contributed by atoms with van der Waals surface area (Å²) in [5.74, 6) is 0. The quantitative estimate of drug-likeness (QED) is 0.428. The topological polar surface area (TPSA) is 20.2 Å². The van der Waals surface area contributed by atoms with Gasteiger partial charge in [0.2, 0.25) is 0 Å². The van der Waals surface area contributed by atoms with Crippen molar-refractivity contribution in [2.24, 2.45) is 0 Å². The van der Waals surface area contributed by atoms with Crippen LogP contribution in [0, 0.1) is 0 Å². The molecule has 0 bridgehead atoms. The van der Waals surface area contributed by atoms with Gasteiger partial charge in [0.05, 0.1) is 6.10 Å². The normalized spacial score (nSPS) is 31.7. The molecule has 1 rings (SSSR count). The minimum Gasteiger partial charge on any atom is -0.389 e. The average Bonchev–Trinajstić information content (AvgIpc) is 1.33. The Morgan fingerprint density at radius 3 is 2.50 bits per heavy atom. The van der Waals surface area contributed by atoms with Gasteiger partial charge in [-0.15, -0.1) is 0 Å². The molecule has 34 valence electrons. The number of rotatable bonds is 0. The van der Waals surface area contributed by atoms with Crippen molar-refractivity contribution in [2.75, 3.05) is 0 Å². The summed E-state index contributed by atoms with van der Waals surface area (Å²) in [6.07, 6.45) is 2.63. The first-order valence-electron chi connectivity index (χ1n) is 2.14. The maximum atomic E-state index is 8.54. The van der Waals surface area contributed by atoms with Crippen LogP contribution >= 0.6 is 0 Å². The van der Waals surface area contributed by atoms with Gasteiger partial charge in [-0.3, -0.25) is 0 Å². The van der Waals surface area contributed by atoms with Gasteiger partial charge in [-0.05, 0) is 13.3 Å². The number of aliphatic hydroxyl groups is 1. The standard InChI is InChI=1S/C5H8O/c1-4-2-5(6)3-4/h2,5-6H,3H2,1H3. The van der Waals surface area contributed by atoms with Gasteiger partial charge in [-0.25, -0.2) is 0 Å². The molecule has 1 aliphatic carbocycles. The predicted molar refractivity (Wildman–Crippen MR) is 24.4 cm³/mol. The zero-order valence-electron chi connectivity index (χ0n) is 3.81. The van der Waals surface area contributed by atoms with Crippen LogP contribution in [0.25, 0.3) is 0 Å². The van der Waals surface area contributed by atoms with Crippen LogP contribution in [0.2, 0.25) is 0 Å². The highest BCUT2D eigenvalue weighted by atomic mass is 16.3. The Morgan fingerprint density at radius 1 is 2.00 bits per heavy atom. The number of hydrogen-bond acceptors (Lipinski definition) is 1. The lowest BCUT2D eigenvalue weighted by Crippen LogP contribution is -2.12. The van der Waals surface area contributed by atoms with Crippen LogP contribution in [0.15, 0.2) is 11.6 Å². The van der Waals surface area contributed by atoms with E-state index in [1.165, 1.54) is 5.57 Å². The highest BCUT2D eigenvalue weighted by Crippen LogP contribution is 2.16. The minimum atomic E-state index is -0.120. The van der Waals surface area contributed by atoms with Crippen LogP contribution in [0.4, 0.5) is 0 Å². The third-order valence-electron chi connectivity index (χ3n) is 1.01.